The van der Waals surface area contributed by atoms with Crippen molar-refractivity contribution in [2.75, 3.05) is 20.2 Å². The lowest BCUT2D eigenvalue weighted by Crippen LogP contribution is -2.51. The second kappa shape index (κ2) is 6.12. The normalized spacial score (nSPS) is 34.8. The Morgan fingerprint density at radius 3 is 2.60 bits per heavy atom. The van der Waals surface area contributed by atoms with E-state index in [1.165, 1.54) is 0 Å². The Morgan fingerprint density at radius 2 is 1.95 bits per heavy atom. The number of likely N-dealkylation sites (tertiary alicyclic amines) is 1. The highest BCUT2D eigenvalue weighted by Gasteiger charge is 2.38. The van der Waals surface area contributed by atoms with E-state index < -0.39 is 5.97 Å². The number of carboxylic acids is 1. The second-order valence-corrected chi connectivity index (χ2v) is 6.42. The van der Waals surface area contributed by atoms with E-state index in [0.717, 1.165) is 32.2 Å². The average Bonchev–Trinajstić information content (AvgIpc) is 2.46. The van der Waals surface area contributed by atoms with Crippen LogP contribution in [0.3, 0.4) is 0 Å². The highest BCUT2D eigenvalue weighted by atomic mass is 16.5. The molecule has 1 amide bonds. The van der Waals surface area contributed by atoms with Crippen molar-refractivity contribution >= 4 is 11.9 Å². The van der Waals surface area contributed by atoms with Gasteiger partial charge >= 0.3 is 5.97 Å². The van der Waals surface area contributed by atoms with E-state index in [0.29, 0.717) is 19.4 Å². The van der Waals surface area contributed by atoms with E-state index in [1.54, 1.807) is 7.11 Å². The quantitative estimate of drug-likeness (QED) is 0.859. The van der Waals surface area contributed by atoms with Crippen molar-refractivity contribution < 1.29 is 19.4 Å². The molecule has 2 fully saturated rings. The van der Waals surface area contributed by atoms with E-state index in [9.17, 15) is 9.59 Å². The van der Waals surface area contributed by atoms with Gasteiger partial charge in [0.1, 0.15) is 0 Å². The molecular formula is C15H25NO4. The van der Waals surface area contributed by atoms with Crippen LogP contribution in [0.1, 0.15) is 45.4 Å². The molecular weight excluding hydrogens is 258 g/mol. The average molecular weight is 283 g/mol. The molecule has 1 saturated carbocycles. The summed E-state index contributed by atoms with van der Waals surface area (Å²) in [6.07, 6.45) is 4.77. The first-order chi connectivity index (χ1) is 9.45. The summed E-state index contributed by atoms with van der Waals surface area (Å²) in [7, 11) is 1.69. The number of ether oxygens (including phenoxy) is 1. The zero-order valence-electron chi connectivity index (χ0n) is 12.4. The molecule has 2 aliphatic rings. The van der Waals surface area contributed by atoms with Crippen LogP contribution < -0.4 is 0 Å². The van der Waals surface area contributed by atoms with E-state index in [1.807, 2.05) is 11.8 Å². The lowest BCUT2D eigenvalue weighted by atomic mass is 9.80. The minimum absolute atomic E-state index is 0.121. The Hall–Kier alpha value is -1.10. The molecule has 0 spiro atoms. The van der Waals surface area contributed by atoms with Gasteiger partial charge in [-0.3, -0.25) is 9.59 Å². The number of hydrogen-bond acceptors (Lipinski definition) is 3. The van der Waals surface area contributed by atoms with Crippen LogP contribution in [0.15, 0.2) is 0 Å². The third kappa shape index (κ3) is 3.32. The van der Waals surface area contributed by atoms with Gasteiger partial charge in [-0.2, -0.15) is 0 Å². The van der Waals surface area contributed by atoms with Crippen LogP contribution >= 0.6 is 0 Å². The number of carboxylic acid groups (broad SMARTS) is 1. The lowest BCUT2D eigenvalue weighted by Gasteiger charge is -2.41. The van der Waals surface area contributed by atoms with Crippen molar-refractivity contribution in [1.82, 2.24) is 4.90 Å². The third-order valence-corrected chi connectivity index (χ3v) is 4.84. The molecule has 1 saturated heterocycles. The smallest absolute Gasteiger partial charge is 0.306 e. The first-order valence-corrected chi connectivity index (χ1v) is 7.52. The number of methoxy groups -OCH3 is 1. The van der Waals surface area contributed by atoms with Gasteiger partial charge in [-0.15, -0.1) is 0 Å². The summed E-state index contributed by atoms with van der Waals surface area (Å²) in [4.78, 5) is 25.6. The predicted molar refractivity (Wildman–Crippen MR) is 74.3 cm³/mol. The molecule has 0 aromatic heterocycles. The number of carbonyl (C=O) groups excluding carboxylic acids is 1. The summed E-state index contributed by atoms with van der Waals surface area (Å²) < 4.78 is 5.52. The molecule has 1 aliphatic carbocycles. The Labute approximate surface area is 120 Å². The molecule has 3 unspecified atom stereocenters. The van der Waals surface area contributed by atoms with E-state index in [4.69, 9.17) is 9.84 Å². The van der Waals surface area contributed by atoms with Gasteiger partial charge in [0.2, 0.25) is 5.91 Å². The first kappa shape index (κ1) is 15.3. The fourth-order valence-electron chi connectivity index (χ4n) is 3.46. The minimum atomic E-state index is -0.761. The Balaban J connectivity index is 1.98. The number of nitrogens with zero attached hydrogens (tertiary/aromatic N) is 1. The number of hydrogen-bond donors (Lipinski definition) is 1. The van der Waals surface area contributed by atoms with Crippen LogP contribution in [-0.4, -0.2) is 47.7 Å². The SMILES string of the molecule is COC1(C)CCCN(C(=O)C2CCCC(C(=O)O)C2)C1. The number of aliphatic carboxylic acids is 1. The van der Waals surface area contributed by atoms with E-state index in [2.05, 4.69) is 0 Å². The van der Waals surface area contributed by atoms with Crippen molar-refractivity contribution in [2.24, 2.45) is 11.8 Å². The third-order valence-electron chi connectivity index (χ3n) is 4.84. The van der Waals surface area contributed by atoms with Gasteiger partial charge in [0.25, 0.3) is 0 Å². The maximum atomic E-state index is 12.6. The van der Waals surface area contributed by atoms with Gasteiger partial charge in [-0.05, 0) is 39.0 Å². The zero-order chi connectivity index (χ0) is 14.8. The standard InChI is InChI=1S/C15H25NO4/c1-15(20-2)7-4-8-16(10-15)13(17)11-5-3-6-12(9-11)14(18)19/h11-12H,3-10H2,1-2H3,(H,18,19). The Morgan fingerprint density at radius 1 is 1.25 bits per heavy atom. The number of carbonyl (C=O) groups is 2. The Bertz CT molecular complexity index is 384. The highest BCUT2D eigenvalue weighted by Crippen LogP contribution is 2.32. The fraction of sp³-hybridized carbons (Fsp3) is 0.867. The largest absolute Gasteiger partial charge is 0.481 e. The van der Waals surface area contributed by atoms with Crippen LogP contribution in [0.2, 0.25) is 0 Å². The van der Waals surface area contributed by atoms with Crippen molar-refractivity contribution in [1.29, 1.82) is 0 Å². The van der Waals surface area contributed by atoms with Gasteiger partial charge < -0.3 is 14.7 Å². The summed E-state index contributed by atoms with van der Waals surface area (Å²) in [6.45, 7) is 3.43. The summed E-state index contributed by atoms with van der Waals surface area (Å²) in [5.41, 5.74) is -0.255. The van der Waals surface area contributed by atoms with Crippen molar-refractivity contribution in [3.63, 3.8) is 0 Å². The fourth-order valence-corrected chi connectivity index (χ4v) is 3.46. The molecule has 2 rings (SSSR count). The zero-order valence-corrected chi connectivity index (χ0v) is 12.4. The Kier molecular flexibility index (Phi) is 4.68. The van der Waals surface area contributed by atoms with Crippen molar-refractivity contribution in [3.8, 4) is 0 Å². The number of rotatable bonds is 3. The molecule has 1 heterocycles. The van der Waals surface area contributed by atoms with Gasteiger partial charge in [-0.25, -0.2) is 0 Å². The molecule has 1 aliphatic heterocycles. The predicted octanol–water partition coefficient (Wildman–Crippen LogP) is 1.90. The summed E-state index contributed by atoms with van der Waals surface area (Å²) >= 11 is 0. The van der Waals surface area contributed by atoms with Gasteiger partial charge in [0.15, 0.2) is 0 Å². The maximum Gasteiger partial charge on any atom is 0.306 e. The van der Waals surface area contributed by atoms with Crippen LogP contribution in [-0.2, 0) is 14.3 Å². The molecule has 0 bridgehead atoms. The van der Waals surface area contributed by atoms with Crippen LogP contribution in [0.5, 0.6) is 0 Å². The minimum Gasteiger partial charge on any atom is -0.481 e. The summed E-state index contributed by atoms with van der Waals surface area (Å²) in [6, 6.07) is 0. The lowest BCUT2D eigenvalue weighted by molar-refractivity contribution is -0.148. The van der Waals surface area contributed by atoms with Crippen LogP contribution in [0, 0.1) is 11.8 Å². The van der Waals surface area contributed by atoms with Crippen LogP contribution in [0.25, 0.3) is 0 Å². The molecule has 3 atom stereocenters. The monoisotopic (exact) mass is 283 g/mol. The molecule has 0 aromatic carbocycles. The van der Waals surface area contributed by atoms with E-state index in [-0.39, 0.29) is 23.3 Å². The molecule has 0 aromatic rings. The number of piperidine rings is 1. The second-order valence-electron chi connectivity index (χ2n) is 6.42. The van der Waals surface area contributed by atoms with Crippen LogP contribution in [0.4, 0.5) is 0 Å². The van der Waals surface area contributed by atoms with Crippen molar-refractivity contribution in [3.05, 3.63) is 0 Å². The summed E-state index contributed by atoms with van der Waals surface area (Å²) in [5, 5.41) is 9.12. The highest BCUT2D eigenvalue weighted by molar-refractivity contribution is 5.80. The molecule has 5 heteroatoms. The van der Waals surface area contributed by atoms with E-state index >= 15 is 0 Å². The van der Waals surface area contributed by atoms with Gasteiger partial charge in [0.05, 0.1) is 11.5 Å². The van der Waals surface area contributed by atoms with Gasteiger partial charge in [-0.1, -0.05) is 6.42 Å². The first-order valence-electron chi connectivity index (χ1n) is 7.52. The van der Waals surface area contributed by atoms with Crippen molar-refractivity contribution in [2.45, 2.75) is 51.0 Å². The molecule has 20 heavy (non-hydrogen) atoms. The molecule has 0 radical (unpaired) electrons. The molecule has 114 valence electrons. The molecule has 5 nitrogen and oxygen atoms in total. The molecule has 1 N–H and O–H groups in total. The topological polar surface area (TPSA) is 66.8 Å². The summed E-state index contributed by atoms with van der Waals surface area (Å²) in [5.74, 6) is -1.11. The number of amides is 1. The maximum absolute atomic E-state index is 12.6. The van der Waals surface area contributed by atoms with Gasteiger partial charge in [0, 0.05) is 26.1 Å².